The number of nitrogens with one attached hydrogen (secondary N) is 2. The minimum atomic E-state index is -0.563. The first-order chi connectivity index (χ1) is 15.8. The van der Waals surface area contributed by atoms with Gasteiger partial charge in [-0.25, -0.2) is 9.37 Å². The fraction of sp³-hybridized carbons (Fsp3) is 0.200. The van der Waals surface area contributed by atoms with Crippen LogP contribution in [0.4, 0.5) is 4.39 Å². The third kappa shape index (κ3) is 5.06. The molecule has 0 bridgehead atoms. The van der Waals surface area contributed by atoms with Crippen LogP contribution in [0.5, 0.6) is 0 Å². The fourth-order valence-electron chi connectivity index (χ4n) is 3.68. The predicted molar refractivity (Wildman–Crippen MR) is 121 cm³/mol. The zero-order chi connectivity index (χ0) is 23.5. The van der Waals surface area contributed by atoms with E-state index in [1.807, 2.05) is 31.2 Å². The molecule has 0 fully saturated rings. The van der Waals surface area contributed by atoms with Gasteiger partial charge in [0.15, 0.2) is 0 Å². The molecule has 2 N–H and O–H groups in total. The number of H-pyrrole nitrogens is 1. The van der Waals surface area contributed by atoms with Crippen molar-refractivity contribution < 1.29 is 13.7 Å². The van der Waals surface area contributed by atoms with E-state index in [0.717, 1.165) is 11.1 Å². The summed E-state index contributed by atoms with van der Waals surface area (Å²) in [4.78, 5) is 32.3. The molecule has 0 saturated carbocycles. The van der Waals surface area contributed by atoms with Gasteiger partial charge in [0, 0.05) is 18.1 Å². The van der Waals surface area contributed by atoms with E-state index in [-0.39, 0.29) is 23.7 Å². The molecule has 2 aromatic heterocycles. The number of carbonyl (C=O) groups excluding carboxylic acids is 1. The van der Waals surface area contributed by atoms with Gasteiger partial charge in [0.25, 0.3) is 11.5 Å². The zero-order valence-corrected chi connectivity index (χ0v) is 18.5. The third-order valence-corrected chi connectivity index (χ3v) is 5.32. The van der Waals surface area contributed by atoms with E-state index in [0.29, 0.717) is 34.1 Å². The first-order valence-electron chi connectivity index (χ1n) is 10.5. The Morgan fingerprint density at radius 2 is 1.79 bits per heavy atom. The number of hydrogen-bond donors (Lipinski definition) is 2. The van der Waals surface area contributed by atoms with Gasteiger partial charge in [-0.05, 0) is 38.5 Å². The number of amides is 1. The van der Waals surface area contributed by atoms with Gasteiger partial charge in [0.05, 0.1) is 11.7 Å². The Bertz CT molecular complexity index is 1340. The highest BCUT2D eigenvalue weighted by molar-refractivity contribution is 6.01. The summed E-state index contributed by atoms with van der Waals surface area (Å²) in [5.41, 5.74) is 3.50. The summed E-state index contributed by atoms with van der Waals surface area (Å²) in [7, 11) is 0. The first-order valence-corrected chi connectivity index (χ1v) is 10.5. The molecule has 1 unspecified atom stereocenters. The molecule has 4 aromatic rings. The van der Waals surface area contributed by atoms with Crippen LogP contribution in [-0.4, -0.2) is 21.0 Å². The molecule has 0 aliphatic heterocycles. The van der Waals surface area contributed by atoms with Crippen LogP contribution in [0.15, 0.2) is 63.9 Å². The van der Waals surface area contributed by atoms with E-state index in [1.165, 1.54) is 18.2 Å². The number of nitrogens with zero attached hydrogens (tertiary/aromatic N) is 2. The van der Waals surface area contributed by atoms with Crippen LogP contribution in [-0.2, 0) is 6.42 Å². The molecule has 7 nitrogen and oxygen atoms in total. The second kappa shape index (κ2) is 9.20. The average molecular weight is 446 g/mol. The number of aromatic nitrogens is 3. The molecule has 2 heterocycles. The van der Waals surface area contributed by atoms with E-state index in [1.54, 1.807) is 26.0 Å². The van der Waals surface area contributed by atoms with Crippen LogP contribution in [0.1, 0.15) is 44.8 Å². The van der Waals surface area contributed by atoms with Crippen molar-refractivity contribution in [2.75, 3.05) is 0 Å². The Hall–Kier alpha value is -4.07. The van der Waals surface area contributed by atoms with Gasteiger partial charge in [-0.2, -0.15) is 0 Å². The summed E-state index contributed by atoms with van der Waals surface area (Å²) >= 11 is 0. The molecule has 1 amide bonds. The van der Waals surface area contributed by atoms with Crippen molar-refractivity contribution in [3.8, 4) is 11.3 Å². The molecule has 0 aliphatic carbocycles. The summed E-state index contributed by atoms with van der Waals surface area (Å²) in [5, 5.41) is 7.08. The zero-order valence-electron chi connectivity index (χ0n) is 18.5. The Balaban J connectivity index is 1.68. The highest BCUT2D eigenvalue weighted by Crippen LogP contribution is 2.27. The van der Waals surface area contributed by atoms with Crippen molar-refractivity contribution in [1.29, 1.82) is 0 Å². The molecule has 4 rings (SSSR count). The van der Waals surface area contributed by atoms with E-state index >= 15 is 0 Å². The van der Waals surface area contributed by atoms with Crippen molar-refractivity contribution in [3.63, 3.8) is 0 Å². The fourth-order valence-corrected chi connectivity index (χ4v) is 3.68. The topological polar surface area (TPSA) is 101 Å². The number of aryl methyl sites for hydroxylation is 3. The van der Waals surface area contributed by atoms with E-state index in [9.17, 15) is 14.0 Å². The van der Waals surface area contributed by atoms with Crippen LogP contribution >= 0.6 is 0 Å². The number of rotatable bonds is 6. The van der Waals surface area contributed by atoms with Gasteiger partial charge in [-0.3, -0.25) is 9.59 Å². The van der Waals surface area contributed by atoms with Crippen LogP contribution in [0.25, 0.3) is 11.3 Å². The van der Waals surface area contributed by atoms with Crippen molar-refractivity contribution in [2.24, 2.45) is 0 Å². The van der Waals surface area contributed by atoms with Crippen LogP contribution in [0.2, 0.25) is 0 Å². The average Bonchev–Trinajstić information content (AvgIpc) is 3.15. The summed E-state index contributed by atoms with van der Waals surface area (Å²) in [6, 6.07) is 14.3. The van der Waals surface area contributed by atoms with Crippen LogP contribution in [0, 0.1) is 26.6 Å². The summed E-state index contributed by atoms with van der Waals surface area (Å²) in [6.07, 6.45) is 0.242. The number of halogens is 1. The molecular weight excluding hydrogens is 423 g/mol. The third-order valence-electron chi connectivity index (χ3n) is 5.32. The highest BCUT2D eigenvalue weighted by Gasteiger charge is 2.25. The lowest BCUT2D eigenvalue weighted by molar-refractivity contribution is 0.0935. The van der Waals surface area contributed by atoms with Gasteiger partial charge < -0.3 is 14.8 Å². The lowest BCUT2D eigenvalue weighted by Crippen LogP contribution is -2.31. The quantitative estimate of drug-likeness (QED) is 0.462. The van der Waals surface area contributed by atoms with E-state index < -0.39 is 6.04 Å². The SMILES string of the molecule is Cc1ccc(-c2noc(C)c2C(=O)NC(Cc2cc(=O)[nH]c(C)n2)c2ccc(F)cc2)cc1. The monoisotopic (exact) mass is 446 g/mol. The normalized spacial score (nSPS) is 11.9. The number of carbonyl (C=O) groups is 1. The molecule has 0 spiro atoms. The standard InChI is InChI=1S/C25H23FN4O3/c1-14-4-6-18(7-5-14)24-23(15(2)33-30-24)25(32)29-21(17-8-10-19(26)11-9-17)12-20-13-22(31)28-16(3)27-20/h4-11,13,21H,12H2,1-3H3,(H,29,32)(H,27,28,31). The maximum absolute atomic E-state index is 13.5. The van der Waals surface area contributed by atoms with Gasteiger partial charge >= 0.3 is 0 Å². The minimum Gasteiger partial charge on any atom is -0.360 e. The van der Waals surface area contributed by atoms with Crippen molar-refractivity contribution in [3.05, 3.63) is 105 Å². The summed E-state index contributed by atoms with van der Waals surface area (Å²) in [5.74, 6) is 0.0787. The summed E-state index contributed by atoms with van der Waals surface area (Å²) < 4.78 is 18.9. The first kappa shape index (κ1) is 22.1. The van der Waals surface area contributed by atoms with Gasteiger partial charge in [-0.1, -0.05) is 47.1 Å². The van der Waals surface area contributed by atoms with Crippen molar-refractivity contribution in [1.82, 2.24) is 20.4 Å². The van der Waals surface area contributed by atoms with Crippen LogP contribution < -0.4 is 10.9 Å². The molecule has 2 aromatic carbocycles. The second-order valence-electron chi connectivity index (χ2n) is 7.93. The van der Waals surface area contributed by atoms with Gasteiger partial charge in [0.1, 0.15) is 28.7 Å². The maximum Gasteiger partial charge on any atom is 0.257 e. The molecule has 1 atom stereocenters. The predicted octanol–water partition coefficient (Wildman–Crippen LogP) is 4.20. The number of benzene rings is 2. The van der Waals surface area contributed by atoms with Crippen molar-refractivity contribution >= 4 is 5.91 Å². The molecule has 0 radical (unpaired) electrons. The lowest BCUT2D eigenvalue weighted by atomic mass is 9.99. The largest absolute Gasteiger partial charge is 0.360 e. The molecule has 33 heavy (non-hydrogen) atoms. The van der Waals surface area contributed by atoms with E-state index in [4.69, 9.17) is 4.52 Å². The summed E-state index contributed by atoms with van der Waals surface area (Å²) in [6.45, 7) is 5.34. The Morgan fingerprint density at radius 3 is 2.45 bits per heavy atom. The maximum atomic E-state index is 13.5. The van der Waals surface area contributed by atoms with Crippen molar-refractivity contribution in [2.45, 2.75) is 33.2 Å². The van der Waals surface area contributed by atoms with Crippen LogP contribution in [0.3, 0.4) is 0 Å². The van der Waals surface area contributed by atoms with Gasteiger partial charge in [0.2, 0.25) is 0 Å². The molecular formula is C25H23FN4O3. The number of hydrogen-bond acceptors (Lipinski definition) is 5. The number of aromatic amines is 1. The highest BCUT2D eigenvalue weighted by atomic mass is 19.1. The Labute approximate surface area is 189 Å². The van der Waals surface area contributed by atoms with E-state index in [2.05, 4.69) is 20.4 Å². The lowest BCUT2D eigenvalue weighted by Gasteiger charge is -2.19. The Kier molecular flexibility index (Phi) is 6.17. The minimum absolute atomic E-state index is 0.242. The molecule has 168 valence electrons. The second-order valence-corrected chi connectivity index (χ2v) is 7.93. The molecule has 0 aliphatic rings. The smallest absolute Gasteiger partial charge is 0.257 e. The van der Waals surface area contributed by atoms with Gasteiger partial charge in [-0.15, -0.1) is 0 Å². The Morgan fingerprint density at radius 1 is 1.09 bits per heavy atom. The molecule has 0 saturated heterocycles. The molecule has 8 heteroatoms.